The van der Waals surface area contributed by atoms with Crippen LogP contribution in [-0.4, -0.2) is 36.0 Å². The van der Waals surface area contributed by atoms with Crippen LogP contribution in [-0.2, 0) is 0 Å². The van der Waals surface area contributed by atoms with Crippen molar-refractivity contribution in [3.05, 3.63) is 51.7 Å². The predicted molar refractivity (Wildman–Crippen MR) is 110 cm³/mol. The molecule has 1 aromatic heterocycles. The van der Waals surface area contributed by atoms with E-state index in [1.54, 1.807) is 29.2 Å². The number of piperidine rings is 1. The SMILES string of the molecule is O=C(N[C@H](C1CC1)C1CCN(C(=O)Oc2ccccc2)CC1)c1ccc(Cl)s1. The Morgan fingerprint density at radius 2 is 1.71 bits per heavy atom. The van der Waals surface area contributed by atoms with Crippen molar-refractivity contribution in [3.8, 4) is 5.75 Å². The van der Waals surface area contributed by atoms with Gasteiger partial charge < -0.3 is 15.0 Å². The van der Waals surface area contributed by atoms with Gasteiger partial charge in [-0.3, -0.25) is 4.79 Å². The molecule has 5 nitrogen and oxygen atoms in total. The summed E-state index contributed by atoms with van der Waals surface area (Å²) in [6.45, 7) is 1.31. The fraction of sp³-hybridized carbons (Fsp3) is 0.429. The van der Waals surface area contributed by atoms with Gasteiger partial charge in [-0.05, 0) is 61.8 Å². The quantitative estimate of drug-likeness (QED) is 0.757. The third kappa shape index (κ3) is 4.67. The van der Waals surface area contributed by atoms with Crippen molar-refractivity contribution in [2.45, 2.75) is 31.7 Å². The van der Waals surface area contributed by atoms with Crippen LogP contribution in [0.15, 0.2) is 42.5 Å². The number of carbonyl (C=O) groups excluding carboxylic acids is 2. The lowest BCUT2D eigenvalue weighted by atomic mass is 9.86. The summed E-state index contributed by atoms with van der Waals surface area (Å²) < 4.78 is 6.06. The van der Waals surface area contributed by atoms with Crippen LogP contribution in [0.3, 0.4) is 0 Å². The van der Waals surface area contributed by atoms with Gasteiger partial charge in [0.2, 0.25) is 0 Å². The minimum Gasteiger partial charge on any atom is -0.410 e. The minimum absolute atomic E-state index is 0.0419. The number of amides is 2. The Morgan fingerprint density at radius 1 is 1.04 bits per heavy atom. The number of thiophene rings is 1. The van der Waals surface area contributed by atoms with Crippen LogP contribution in [0.5, 0.6) is 5.75 Å². The molecule has 2 fully saturated rings. The summed E-state index contributed by atoms with van der Waals surface area (Å²) in [4.78, 5) is 27.4. The number of likely N-dealkylation sites (tertiary alicyclic amines) is 1. The van der Waals surface area contributed by atoms with Gasteiger partial charge in [-0.1, -0.05) is 29.8 Å². The Balaban J connectivity index is 1.32. The molecule has 7 heteroatoms. The molecule has 2 heterocycles. The van der Waals surface area contributed by atoms with Crippen molar-refractivity contribution in [2.75, 3.05) is 13.1 Å². The summed E-state index contributed by atoms with van der Waals surface area (Å²) >= 11 is 7.26. The molecule has 1 saturated heterocycles. The number of carbonyl (C=O) groups is 2. The number of rotatable bonds is 5. The fourth-order valence-electron chi connectivity index (χ4n) is 3.83. The molecule has 28 heavy (non-hydrogen) atoms. The molecule has 1 N–H and O–H groups in total. The average molecular weight is 419 g/mol. The van der Waals surface area contributed by atoms with E-state index >= 15 is 0 Å². The van der Waals surface area contributed by atoms with E-state index in [0.29, 0.717) is 39.9 Å². The molecule has 1 saturated carbocycles. The lowest BCUT2D eigenvalue weighted by Gasteiger charge is -2.36. The van der Waals surface area contributed by atoms with E-state index < -0.39 is 0 Å². The van der Waals surface area contributed by atoms with Crippen molar-refractivity contribution >= 4 is 34.9 Å². The van der Waals surface area contributed by atoms with E-state index in [0.717, 1.165) is 25.7 Å². The highest BCUT2D eigenvalue weighted by Gasteiger charge is 2.39. The number of nitrogens with zero attached hydrogens (tertiary/aromatic N) is 1. The number of nitrogens with one attached hydrogen (secondary N) is 1. The maximum atomic E-state index is 12.6. The van der Waals surface area contributed by atoms with E-state index in [4.69, 9.17) is 16.3 Å². The smallest absolute Gasteiger partial charge is 0.410 e. The first-order valence-electron chi connectivity index (χ1n) is 9.68. The normalized spacial score (nSPS) is 18.5. The second kappa shape index (κ2) is 8.53. The monoisotopic (exact) mass is 418 g/mol. The lowest BCUT2D eigenvalue weighted by molar-refractivity contribution is 0.0874. The molecule has 1 aliphatic heterocycles. The molecule has 2 aliphatic rings. The lowest BCUT2D eigenvalue weighted by Crippen LogP contribution is -2.48. The minimum atomic E-state index is -0.301. The van der Waals surface area contributed by atoms with E-state index in [-0.39, 0.29) is 18.0 Å². The van der Waals surface area contributed by atoms with Gasteiger partial charge >= 0.3 is 6.09 Å². The van der Waals surface area contributed by atoms with Crippen LogP contribution >= 0.6 is 22.9 Å². The van der Waals surface area contributed by atoms with Crippen LogP contribution in [0.4, 0.5) is 4.79 Å². The van der Waals surface area contributed by atoms with E-state index in [1.165, 1.54) is 11.3 Å². The Bertz CT molecular complexity index is 829. The Hall–Kier alpha value is -2.05. The van der Waals surface area contributed by atoms with Gasteiger partial charge in [-0.2, -0.15) is 0 Å². The molecule has 0 unspecified atom stereocenters. The largest absolute Gasteiger partial charge is 0.415 e. The first kappa shape index (κ1) is 19.3. The zero-order chi connectivity index (χ0) is 19.5. The molecule has 0 spiro atoms. The summed E-state index contributed by atoms with van der Waals surface area (Å²) in [5.74, 6) is 1.45. The highest BCUT2D eigenvalue weighted by Crippen LogP contribution is 2.39. The van der Waals surface area contributed by atoms with Crippen LogP contribution in [0.2, 0.25) is 4.34 Å². The summed E-state index contributed by atoms with van der Waals surface area (Å²) in [7, 11) is 0. The van der Waals surface area contributed by atoms with Crippen molar-refractivity contribution in [1.82, 2.24) is 10.2 Å². The fourth-order valence-corrected chi connectivity index (χ4v) is 4.78. The Kier molecular flexibility index (Phi) is 5.87. The highest BCUT2D eigenvalue weighted by molar-refractivity contribution is 7.18. The van der Waals surface area contributed by atoms with Gasteiger partial charge in [0, 0.05) is 19.1 Å². The third-order valence-corrected chi connectivity index (χ3v) is 6.71. The van der Waals surface area contributed by atoms with Crippen molar-refractivity contribution in [2.24, 2.45) is 11.8 Å². The van der Waals surface area contributed by atoms with Crippen LogP contribution < -0.4 is 10.1 Å². The van der Waals surface area contributed by atoms with Gasteiger partial charge in [0.15, 0.2) is 0 Å². The van der Waals surface area contributed by atoms with Gasteiger partial charge in [0.1, 0.15) is 5.75 Å². The molecule has 148 valence electrons. The summed E-state index contributed by atoms with van der Waals surface area (Å²) in [6, 6.07) is 12.8. The number of halogens is 1. The number of benzene rings is 1. The molecule has 2 amide bonds. The van der Waals surface area contributed by atoms with E-state index in [9.17, 15) is 9.59 Å². The highest BCUT2D eigenvalue weighted by atomic mass is 35.5. The molecule has 1 aliphatic carbocycles. The first-order valence-corrected chi connectivity index (χ1v) is 10.9. The second-order valence-electron chi connectivity index (χ2n) is 7.45. The Labute approximate surface area is 173 Å². The molecule has 4 rings (SSSR count). The van der Waals surface area contributed by atoms with Gasteiger partial charge in [0.25, 0.3) is 5.91 Å². The number of ether oxygens (including phenoxy) is 1. The molecule has 0 radical (unpaired) electrons. The number of hydrogen-bond acceptors (Lipinski definition) is 4. The molecule has 1 atom stereocenters. The first-order chi connectivity index (χ1) is 13.6. The maximum Gasteiger partial charge on any atom is 0.415 e. The van der Waals surface area contributed by atoms with E-state index in [2.05, 4.69) is 5.32 Å². The second-order valence-corrected chi connectivity index (χ2v) is 9.16. The molecular weight excluding hydrogens is 396 g/mol. The zero-order valence-corrected chi connectivity index (χ0v) is 17.0. The van der Waals surface area contributed by atoms with Crippen molar-refractivity contribution < 1.29 is 14.3 Å². The summed E-state index contributed by atoms with van der Waals surface area (Å²) in [6.07, 6.45) is 3.76. The van der Waals surface area contributed by atoms with Crippen LogP contribution in [0.1, 0.15) is 35.4 Å². The summed E-state index contributed by atoms with van der Waals surface area (Å²) in [5, 5.41) is 3.24. The molecule has 2 aromatic rings. The standard InChI is InChI=1S/C21H23ClN2O3S/c22-18-9-8-17(28-18)20(25)23-19(14-6-7-14)15-10-12-24(13-11-15)21(26)27-16-4-2-1-3-5-16/h1-5,8-9,14-15,19H,6-7,10-13H2,(H,23,25)/t19-/m1/s1. The number of hydrogen-bond donors (Lipinski definition) is 1. The number of para-hydroxylation sites is 1. The topological polar surface area (TPSA) is 58.6 Å². The van der Waals surface area contributed by atoms with E-state index in [1.807, 2.05) is 18.2 Å². The predicted octanol–water partition coefficient (Wildman–Crippen LogP) is 4.82. The van der Waals surface area contributed by atoms with Gasteiger partial charge in [-0.15, -0.1) is 11.3 Å². The van der Waals surface area contributed by atoms with Crippen LogP contribution in [0.25, 0.3) is 0 Å². The van der Waals surface area contributed by atoms with Gasteiger partial charge in [0.05, 0.1) is 9.21 Å². The van der Waals surface area contributed by atoms with Gasteiger partial charge in [-0.25, -0.2) is 4.79 Å². The van der Waals surface area contributed by atoms with Crippen molar-refractivity contribution in [1.29, 1.82) is 0 Å². The Morgan fingerprint density at radius 3 is 2.32 bits per heavy atom. The van der Waals surface area contributed by atoms with Crippen molar-refractivity contribution in [3.63, 3.8) is 0 Å². The third-order valence-electron chi connectivity index (χ3n) is 5.48. The maximum absolute atomic E-state index is 12.6. The van der Waals surface area contributed by atoms with Crippen LogP contribution in [0, 0.1) is 11.8 Å². The summed E-state index contributed by atoms with van der Waals surface area (Å²) in [5.41, 5.74) is 0. The average Bonchev–Trinajstić information content (AvgIpc) is 3.46. The zero-order valence-electron chi connectivity index (χ0n) is 15.5. The molecule has 0 bridgehead atoms. The molecular formula is C21H23ClN2O3S. The molecule has 1 aromatic carbocycles.